The number of aliphatic hydroxyl groups excluding tert-OH is 2. The minimum Gasteiger partial charge on any atom is -0.492 e. The van der Waals surface area contributed by atoms with Gasteiger partial charge in [0.05, 0.1) is 19.8 Å². The summed E-state index contributed by atoms with van der Waals surface area (Å²) in [5, 5.41) is 22.8. The molecule has 8 rings (SSSR count). The van der Waals surface area contributed by atoms with E-state index >= 15 is 0 Å². The summed E-state index contributed by atoms with van der Waals surface area (Å²) in [6, 6.07) is 9.88. The number of cyclic esters (lactones) is 1. The quantitative estimate of drug-likeness (QED) is 0.153. The van der Waals surface area contributed by atoms with Gasteiger partial charge in [-0.1, -0.05) is 85.4 Å². The third kappa shape index (κ3) is 7.29. The van der Waals surface area contributed by atoms with Gasteiger partial charge < -0.3 is 24.4 Å². The largest absolute Gasteiger partial charge is 0.492 e. The highest BCUT2D eigenvalue weighted by molar-refractivity contribution is 8.76. The molecular formula is C44H61NO6S2. The van der Waals surface area contributed by atoms with E-state index in [1.54, 1.807) is 0 Å². The fourth-order valence-corrected chi connectivity index (χ4v) is 14.8. The SMILES string of the molecule is CCCCCc1cccc(CC2CC3C(O)CC4C(CCC45CCCC5)CSSCC4CC=C5OC(=C6OC(=O)C(CO)=C6OC)C(C)C5C(C2)N43)c1. The normalized spacial score (nSPS) is 37.0. The average molecular weight is 764 g/mol. The first-order valence-electron chi connectivity index (χ1n) is 20.8. The van der Waals surface area contributed by atoms with E-state index in [1.165, 1.54) is 81.8 Å². The van der Waals surface area contributed by atoms with Gasteiger partial charge in [0.2, 0.25) is 5.76 Å². The second kappa shape index (κ2) is 16.3. The lowest BCUT2D eigenvalue weighted by molar-refractivity contribution is -0.133. The summed E-state index contributed by atoms with van der Waals surface area (Å²) < 4.78 is 18.2. The molecule has 9 atom stereocenters. The number of nitrogens with zero attached hydrogens (tertiary/aromatic N) is 1. The van der Waals surface area contributed by atoms with Gasteiger partial charge in [0.25, 0.3) is 0 Å². The molecule has 5 heterocycles. The van der Waals surface area contributed by atoms with E-state index in [1.807, 2.05) is 0 Å². The van der Waals surface area contributed by atoms with Gasteiger partial charge in [0, 0.05) is 41.5 Å². The van der Waals surface area contributed by atoms with Gasteiger partial charge in [0.15, 0.2) is 11.5 Å². The lowest BCUT2D eigenvalue weighted by Gasteiger charge is -2.52. The van der Waals surface area contributed by atoms with Crippen LogP contribution < -0.4 is 0 Å². The second-order valence-electron chi connectivity index (χ2n) is 17.4. The smallest absolute Gasteiger partial charge is 0.345 e. The number of methoxy groups -OCH3 is 1. The molecule has 0 amide bonds. The summed E-state index contributed by atoms with van der Waals surface area (Å²) in [4.78, 5) is 15.6. The van der Waals surface area contributed by atoms with E-state index in [0.29, 0.717) is 40.7 Å². The van der Waals surface area contributed by atoms with Gasteiger partial charge in [-0.2, -0.15) is 0 Å². The van der Waals surface area contributed by atoms with Crippen molar-refractivity contribution in [2.24, 2.45) is 35.0 Å². The summed E-state index contributed by atoms with van der Waals surface area (Å²) in [6.07, 6.45) is 19.7. The summed E-state index contributed by atoms with van der Waals surface area (Å²) in [6.45, 7) is 4.02. The molecule has 53 heavy (non-hydrogen) atoms. The van der Waals surface area contributed by atoms with Crippen LogP contribution in [0.3, 0.4) is 0 Å². The summed E-state index contributed by atoms with van der Waals surface area (Å²) in [7, 11) is 5.66. The molecule has 1 spiro atoms. The van der Waals surface area contributed by atoms with E-state index in [0.717, 1.165) is 50.0 Å². The van der Waals surface area contributed by atoms with Gasteiger partial charge in [-0.25, -0.2) is 4.79 Å². The first-order valence-corrected chi connectivity index (χ1v) is 23.3. The Morgan fingerprint density at radius 2 is 1.81 bits per heavy atom. The maximum atomic E-state index is 12.8. The predicted molar refractivity (Wildman–Crippen MR) is 213 cm³/mol. The van der Waals surface area contributed by atoms with E-state index < -0.39 is 12.6 Å². The van der Waals surface area contributed by atoms with Crippen LogP contribution in [0.2, 0.25) is 0 Å². The minimum atomic E-state index is -0.575. The van der Waals surface area contributed by atoms with Gasteiger partial charge in [-0.3, -0.25) is 4.90 Å². The molecule has 3 saturated heterocycles. The number of piperidine rings is 1. The number of carbonyl (C=O) groups is 1. The highest BCUT2D eigenvalue weighted by Gasteiger charge is 2.55. The van der Waals surface area contributed by atoms with Crippen molar-refractivity contribution < 1.29 is 29.2 Å². The third-order valence-electron chi connectivity index (χ3n) is 14.5. The predicted octanol–water partition coefficient (Wildman–Crippen LogP) is 8.74. The fraction of sp³-hybridized carbons (Fsp3) is 0.705. The topological polar surface area (TPSA) is 88.5 Å². The summed E-state index contributed by atoms with van der Waals surface area (Å²) in [5.41, 5.74) is 3.42. The van der Waals surface area contributed by atoms with E-state index in [9.17, 15) is 15.0 Å². The Morgan fingerprint density at radius 3 is 2.60 bits per heavy atom. The fourth-order valence-electron chi connectivity index (χ4n) is 12.0. The second-order valence-corrected chi connectivity index (χ2v) is 20.0. The number of ether oxygens (including phenoxy) is 3. The summed E-state index contributed by atoms with van der Waals surface area (Å²) >= 11 is 0. The maximum Gasteiger partial charge on any atom is 0.345 e. The molecule has 5 fully saturated rings. The monoisotopic (exact) mass is 763 g/mol. The van der Waals surface area contributed by atoms with Crippen molar-refractivity contribution in [2.75, 3.05) is 25.2 Å². The number of allylic oxidation sites excluding steroid dienone is 1. The molecule has 1 aromatic carbocycles. The Bertz CT molecular complexity index is 1600. The standard InChI is InChI=1S/C44H61NO6S2/c1-4-5-6-10-28-11-9-12-29(19-28)20-30-21-35-37(47)23-34-31(15-18-44(34)16-7-8-17-44)25-52-53-26-32-13-14-38-39(36(22-30)45(32)35)27(2)40(50-38)42-41(49-3)33(24-46)43(48)51-42/h9,11-12,14,19,27,30-32,34-37,39,46-47H,4-8,10,13,15-18,20-26H2,1-3H3. The molecule has 0 aromatic heterocycles. The lowest BCUT2D eigenvalue weighted by Crippen LogP contribution is -2.61. The van der Waals surface area contributed by atoms with Crippen LogP contribution in [0, 0.1) is 35.0 Å². The molecule has 0 radical (unpaired) electrons. The molecule has 9 unspecified atom stereocenters. The van der Waals surface area contributed by atoms with Crippen LogP contribution in [0.15, 0.2) is 59.0 Å². The van der Waals surface area contributed by atoms with Crippen LogP contribution in [-0.2, 0) is 31.8 Å². The highest BCUT2D eigenvalue weighted by Crippen LogP contribution is 2.60. The Hall–Kier alpha value is -1.91. The van der Waals surface area contributed by atoms with Crippen molar-refractivity contribution in [3.8, 4) is 0 Å². The number of hydrogen-bond donors (Lipinski definition) is 2. The van der Waals surface area contributed by atoms with Crippen molar-refractivity contribution >= 4 is 27.6 Å². The number of carbonyl (C=O) groups excluding carboxylic acids is 1. The molecule has 1 aromatic rings. The molecule has 2 saturated carbocycles. The lowest BCUT2D eigenvalue weighted by atomic mass is 9.69. The molecule has 7 aliphatic rings. The van der Waals surface area contributed by atoms with Crippen molar-refractivity contribution in [3.63, 3.8) is 0 Å². The first-order chi connectivity index (χ1) is 25.8. The number of unbranched alkanes of at least 4 members (excludes halogenated alkanes) is 2. The number of hydrogen-bond acceptors (Lipinski definition) is 9. The van der Waals surface area contributed by atoms with Gasteiger partial charge in [0.1, 0.15) is 11.3 Å². The Morgan fingerprint density at radius 1 is 1.02 bits per heavy atom. The van der Waals surface area contributed by atoms with Crippen molar-refractivity contribution in [3.05, 3.63) is 70.1 Å². The number of benzene rings is 1. The molecule has 0 bridgehead atoms. The van der Waals surface area contributed by atoms with Crippen LogP contribution >= 0.6 is 21.6 Å². The van der Waals surface area contributed by atoms with Gasteiger partial charge in [-0.15, -0.1) is 0 Å². The number of aryl methyl sites for hydroxylation is 1. The summed E-state index contributed by atoms with van der Waals surface area (Å²) in [5.74, 6) is 5.53. The third-order valence-corrected chi connectivity index (χ3v) is 17.0. The first kappa shape index (κ1) is 38.0. The van der Waals surface area contributed by atoms with Gasteiger partial charge in [-0.05, 0) is 111 Å². The Balaban J connectivity index is 1.16. The number of esters is 1. The average Bonchev–Trinajstić information content (AvgIpc) is 3.90. The highest BCUT2D eigenvalue weighted by atomic mass is 33.1. The molecule has 5 aliphatic heterocycles. The zero-order valence-electron chi connectivity index (χ0n) is 32.1. The van der Waals surface area contributed by atoms with Crippen LogP contribution in [-0.4, -0.2) is 70.5 Å². The number of fused-ring (bicyclic) bond motifs is 4. The zero-order chi connectivity index (χ0) is 36.7. The van der Waals surface area contributed by atoms with Crippen LogP contribution in [0.1, 0.15) is 108 Å². The van der Waals surface area contributed by atoms with Crippen molar-refractivity contribution in [1.29, 1.82) is 0 Å². The van der Waals surface area contributed by atoms with Gasteiger partial charge >= 0.3 is 5.97 Å². The van der Waals surface area contributed by atoms with Crippen LogP contribution in [0.5, 0.6) is 0 Å². The maximum absolute atomic E-state index is 12.8. The van der Waals surface area contributed by atoms with E-state index in [4.69, 9.17) is 14.2 Å². The number of aliphatic hydroxyl groups is 2. The molecule has 2 aliphatic carbocycles. The Kier molecular flexibility index (Phi) is 11.7. The molecule has 9 heteroatoms. The molecule has 2 N–H and O–H groups in total. The molecular weight excluding hydrogens is 703 g/mol. The molecule has 7 nitrogen and oxygen atoms in total. The van der Waals surface area contributed by atoms with Crippen molar-refractivity contribution in [1.82, 2.24) is 4.90 Å². The van der Waals surface area contributed by atoms with Crippen LogP contribution in [0.4, 0.5) is 0 Å². The molecule has 290 valence electrons. The van der Waals surface area contributed by atoms with Crippen LogP contribution in [0.25, 0.3) is 0 Å². The van der Waals surface area contributed by atoms with E-state index in [2.05, 4.69) is 70.7 Å². The van der Waals surface area contributed by atoms with Crippen molar-refractivity contribution in [2.45, 2.75) is 134 Å². The minimum absolute atomic E-state index is 0.0542. The number of rotatable bonds is 8. The van der Waals surface area contributed by atoms with E-state index in [-0.39, 0.29) is 41.4 Å². The Labute approximate surface area is 325 Å². The zero-order valence-corrected chi connectivity index (χ0v) is 33.7.